The molecule has 122 valence electrons. The van der Waals surface area contributed by atoms with Gasteiger partial charge in [-0.3, -0.25) is 0 Å². The molecule has 0 fully saturated rings. The Hall–Kier alpha value is 0.646. The van der Waals surface area contributed by atoms with Crippen molar-refractivity contribution in [1.82, 2.24) is 9.78 Å². The Labute approximate surface area is 138 Å². The topological polar surface area (TPSA) is 36.1 Å². The van der Waals surface area contributed by atoms with Gasteiger partial charge in [-0.05, 0) is 0 Å². The first kappa shape index (κ1) is 19.7. The minimum absolute atomic E-state index is 0.425. The molecule has 7 heteroatoms. The molecule has 0 saturated carbocycles. The van der Waals surface area contributed by atoms with Crippen molar-refractivity contribution in [2.45, 2.75) is 46.5 Å². The van der Waals surface area contributed by atoms with Crippen LogP contribution in [-0.2, 0) is 21.1 Å². The van der Waals surface area contributed by atoms with Gasteiger partial charge in [0, 0.05) is 0 Å². The Bertz CT molecular complexity index is 353. The monoisotopic (exact) mass is 441 g/mol. The van der Waals surface area contributed by atoms with E-state index in [4.69, 9.17) is 0 Å². The molecule has 0 aromatic rings. The number of allylic oxidation sites excluding steroid dienone is 4. The zero-order valence-electron chi connectivity index (χ0n) is 13.4. The molecule has 0 unspecified atom stereocenters. The Morgan fingerprint density at radius 2 is 1.48 bits per heavy atom. The molecule has 21 heavy (non-hydrogen) atoms. The molecule has 0 radical (unpaired) electrons. The average Bonchev–Trinajstić information content (AvgIpc) is 2.97. The van der Waals surface area contributed by atoms with Gasteiger partial charge in [-0.1, -0.05) is 0 Å². The van der Waals surface area contributed by atoms with E-state index in [0.717, 1.165) is 42.2 Å². The Balaban J connectivity index is 3.09. The van der Waals surface area contributed by atoms with Gasteiger partial charge >= 0.3 is 139 Å². The van der Waals surface area contributed by atoms with Crippen LogP contribution in [0.2, 0.25) is 0 Å². The van der Waals surface area contributed by atoms with Crippen molar-refractivity contribution in [3.63, 3.8) is 0 Å². The molecule has 0 amide bonds. The predicted octanol–water partition coefficient (Wildman–Crippen LogP) is 2.80. The van der Waals surface area contributed by atoms with Gasteiger partial charge in [-0.25, -0.2) is 0 Å². The number of rotatable bonds is 11. The van der Waals surface area contributed by atoms with Crippen LogP contribution in [0.25, 0.3) is 0 Å². The van der Waals surface area contributed by atoms with E-state index in [1.807, 2.05) is 6.08 Å². The average molecular weight is 441 g/mol. The van der Waals surface area contributed by atoms with Gasteiger partial charge in [-0.2, -0.15) is 0 Å². The summed E-state index contributed by atoms with van der Waals surface area (Å²) in [5, 5.41) is 0. The van der Waals surface area contributed by atoms with Crippen molar-refractivity contribution in [2.24, 2.45) is 0 Å². The molecular formula is C14H29F2GeN3Zr. The zero-order chi connectivity index (χ0) is 15.7. The van der Waals surface area contributed by atoms with Gasteiger partial charge in [0.15, 0.2) is 0 Å². The molecule has 0 atom stereocenters. The van der Waals surface area contributed by atoms with Gasteiger partial charge in [0.1, 0.15) is 0 Å². The normalized spacial score (nSPS) is 15.5. The molecule has 0 spiro atoms. The first-order valence-electron chi connectivity index (χ1n) is 8.04. The summed E-state index contributed by atoms with van der Waals surface area (Å²) in [7, 11) is 0. The first-order chi connectivity index (χ1) is 10.1. The summed E-state index contributed by atoms with van der Waals surface area (Å²) in [5.41, 5.74) is 0. The van der Waals surface area contributed by atoms with E-state index in [-0.39, 0.29) is 0 Å². The summed E-state index contributed by atoms with van der Waals surface area (Å²) in [5.74, 6) is 0. The maximum atomic E-state index is 13.5. The molecule has 0 aliphatic heterocycles. The maximum absolute atomic E-state index is 13.5. The fourth-order valence-corrected chi connectivity index (χ4v) is 17.4. The predicted molar refractivity (Wildman–Crippen MR) is 85.0 cm³/mol. The number of hydrogen-bond donors (Lipinski definition) is 3. The van der Waals surface area contributed by atoms with Crippen molar-refractivity contribution in [2.75, 3.05) is 19.6 Å². The number of hydrogen-bond acceptors (Lipinski definition) is 3. The zero-order valence-corrected chi connectivity index (χ0v) is 18.3. The van der Waals surface area contributed by atoms with Crippen LogP contribution in [0.15, 0.2) is 19.8 Å². The number of halogens is 2. The minimum atomic E-state index is -4.24. The molecule has 0 heterocycles. The standard InChI is InChI=1S/C5H5F2Ge.3C3H8N.Zr/c6-8(7)5-3-1-2-4-5;3*1-2-3-4;/h1,3,8H,2H2;3*4H,2-3H2,1H3;/q;3*-1;+3. The van der Waals surface area contributed by atoms with E-state index in [1.165, 1.54) is 0 Å². The van der Waals surface area contributed by atoms with Gasteiger partial charge in [0.05, 0.1) is 0 Å². The fraction of sp³-hybridized carbons (Fsp3) is 0.714. The van der Waals surface area contributed by atoms with Crippen LogP contribution in [0, 0.1) is 0 Å². The van der Waals surface area contributed by atoms with Crippen LogP contribution in [0.4, 0.5) is 7.00 Å². The van der Waals surface area contributed by atoms with E-state index in [9.17, 15) is 7.00 Å². The number of nitrogens with one attached hydrogen (secondary N) is 3. The van der Waals surface area contributed by atoms with Crippen molar-refractivity contribution in [3.05, 3.63) is 19.8 Å². The Kier molecular flexibility index (Phi) is 9.78. The summed E-state index contributed by atoms with van der Waals surface area (Å²) < 4.78 is 39.5. The van der Waals surface area contributed by atoms with E-state index in [2.05, 4.69) is 30.6 Å². The third kappa shape index (κ3) is 5.65. The van der Waals surface area contributed by atoms with Crippen LogP contribution < -0.4 is 9.78 Å². The molecule has 3 nitrogen and oxygen atoms in total. The fourth-order valence-electron chi connectivity index (χ4n) is 2.54. The van der Waals surface area contributed by atoms with E-state index in [0.29, 0.717) is 10.8 Å². The first-order valence-corrected chi connectivity index (χ1v) is 16.0. The summed E-state index contributed by atoms with van der Waals surface area (Å²) >= 11 is -7.55. The molecular weight excluding hydrogens is 412 g/mol. The molecule has 1 rings (SSSR count). The van der Waals surface area contributed by atoms with Crippen LogP contribution in [-0.4, -0.2) is 34.9 Å². The third-order valence-corrected chi connectivity index (χ3v) is 16.4. The second-order valence-corrected chi connectivity index (χ2v) is 15.7. The van der Waals surface area contributed by atoms with Gasteiger partial charge < -0.3 is 0 Å². The van der Waals surface area contributed by atoms with Crippen LogP contribution in [0.1, 0.15) is 46.5 Å². The molecule has 1 aliphatic carbocycles. The van der Waals surface area contributed by atoms with E-state index >= 15 is 0 Å². The quantitative estimate of drug-likeness (QED) is 0.432. The SMILES string of the molecule is CCC[NH][Zr]([NH]CCC)([NH]CCC)[C]1=[C]([GeH]([F])[F])C=CC1. The molecule has 3 N–H and O–H groups in total. The van der Waals surface area contributed by atoms with Gasteiger partial charge in [0.25, 0.3) is 0 Å². The van der Waals surface area contributed by atoms with E-state index in [1.54, 1.807) is 6.08 Å². The van der Waals surface area contributed by atoms with Gasteiger partial charge in [-0.15, -0.1) is 0 Å². The van der Waals surface area contributed by atoms with Crippen molar-refractivity contribution < 1.29 is 28.1 Å². The second kappa shape index (κ2) is 10.4. The van der Waals surface area contributed by atoms with Crippen molar-refractivity contribution in [1.29, 1.82) is 0 Å². The molecule has 0 aromatic carbocycles. The third-order valence-electron chi connectivity index (χ3n) is 3.58. The van der Waals surface area contributed by atoms with Crippen LogP contribution in [0.5, 0.6) is 0 Å². The van der Waals surface area contributed by atoms with Crippen molar-refractivity contribution in [3.8, 4) is 0 Å². The summed E-state index contributed by atoms with van der Waals surface area (Å²) in [4.78, 5) is 0. The van der Waals surface area contributed by atoms with Gasteiger partial charge in [0.2, 0.25) is 0 Å². The summed E-state index contributed by atoms with van der Waals surface area (Å²) in [6, 6.07) is 0. The van der Waals surface area contributed by atoms with Crippen LogP contribution >= 0.6 is 0 Å². The molecule has 0 saturated heterocycles. The molecule has 0 bridgehead atoms. The molecule has 0 aromatic heterocycles. The second-order valence-electron chi connectivity index (χ2n) is 5.37. The Morgan fingerprint density at radius 3 is 1.86 bits per heavy atom. The Morgan fingerprint density at radius 1 is 1.00 bits per heavy atom. The summed E-state index contributed by atoms with van der Waals surface area (Å²) in [6.45, 7) is 9.02. The van der Waals surface area contributed by atoms with Crippen LogP contribution in [0.3, 0.4) is 0 Å². The summed E-state index contributed by atoms with van der Waals surface area (Å²) in [6.07, 6.45) is 7.37. The van der Waals surface area contributed by atoms with E-state index < -0.39 is 36.4 Å². The van der Waals surface area contributed by atoms with Crippen molar-refractivity contribution >= 4 is 15.3 Å². The molecule has 1 aliphatic rings.